The van der Waals surface area contributed by atoms with Crippen LogP contribution < -0.4 is 0 Å². The van der Waals surface area contributed by atoms with Gasteiger partial charge in [-0.2, -0.15) is 0 Å². The quantitative estimate of drug-likeness (QED) is 0.810. The fourth-order valence-electron chi connectivity index (χ4n) is 1.98. The number of carbonyl (C=O) groups is 1. The number of carbonyl (C=O) groups excluding carboxylic acids is 1. The second-order valence-electron chi connectivity index (χ2n) is 4.05. The van der Waals surface area contributed by atoms with Gasteiger partial charge in [-0.05, 0) is 38.0 Å². The van der Waals surface area contributed by atoms with Crippen molar-refractivity contribution in [1.29, 1.82) is 0 Å². The van der Waals surface area contributed by atoms with Gasteiger partial charge in [0.15, 0.2) is 5.88 Å². The van der Waals surface area contributed by atoms with E-state index < -0.39 is 0 Å². The number of aryl methyl sites for hydroxylation is 2. The minimum atomic E-state index is -0.350. The maximum atomic E-state index is 11.8. The Morgan fingerprint density at radius 1 is 1.41 bits per heavy atom. The standard InChI is InChI=1S/C13H15NO3/c1-4-17-13(16)12-9(3)7-14-10(12)5-8(2)6-11(14)15/h5-7,15H,4H2,1-3H3. The highest BCUT2D eigenvalue weighted by molar-refractivity contribution is 5.99. The Balaban J connectivity index is 2.70. The van der Waals surface area contributed by atoms with Crippen LogP contribution in [0.2, 0.25) is 0 Å². The molecular weight excluding hydrogens is 218 g/mol. The summed E-state index contributed by atoms with van der Waals surface area (Å²) in [6, 6.07) is 3.51. The summed E-state index contributed by atoms with van der Waals surface area (Å²) in [6.45, 7) is 5.81. The van der Waals surface area contributed by atoms with Crippen LogP contribution in [0.25, 0.3) is 5.52 Å². The van der Waals surface area contributed by atoms with Gasteiger partial charge < -0.3 is 9.84 Å². The molecule has 0 radical (unpaired) electrons. The van der Waals surface area contributed by atoms with E-state index in [4.69, 9.17) is 4.74 Å². The van der Waals surface area contributed by atoms with Crippen molar-refractivity contribution in [1.82, 2.24) is 4.40 Å². The van der Waals surface area contributed by atoms with Crippen LogP contribution in [0.5, 0.6) is 5.88 Å². The van der Waals surface area contributed by atoms with Gasteiger partial charge in [0.1, 0.15) is 0 Å². The second kappa shape index (κ2) is 4.13. The molecule has 0 saturated heterocycles. The molecule has 0 saturated carbocycles. The molecule has 90 valence electrons. The maximum absolute atomic E-state index is 11.8. The molecule has 2 aromatic rings. The van der Waals surface area contributed by atoms with Gasteiger partial charge in [0.05, 0.1) is 17.7 Å². The van der Waals surface area contributed by atoms with Crippen LogP contribution in [0.15, 0.2) is 18.3 Å². The zero-order valence-corrected chi connectivity index (χ0v) is 10.2. The Bertz CT molecular complexity index is 584. The summed E-state index contributed by atoms with van der Waals surface area (Å²) >= 11 is 0. The van der Waals surface area contributed by atoms with Crippen molar-refractivity contribution in [2.45, 2.75) is 20.8 Å². The molecule has 2 rings (SSSR count). The third-order valence-corrected chi connectivity index (χ3v) is 2.68. The van der Waals surface area contributed by atoms with E-state index in [1.807, 2.05) is 19.9 Å². The lowest BCUT2D eigenvalue weighted by Gasteiger charge is -2.04. The Morgan fingerprint density at radius 2 is 2.12 bits per heavy atom. The van der Waals surface area contributed by atoms with E-state index in [1.165, 1.54) is 0 Å². The highest BCUT2D eigenvalue weighted by Crippen LogP contribution is 2.25. The van der Waals surface area contributed by atoms with Crippen molar-refractivity contribution in [2.75, 3.05) is 6.61 Å². The van der Waals surface area contributed by atoms with Gasteiger partial charge in [0.25, 0.3) is 0 Å². The average Bonchev–Trinajstić information content (AvgIpc) is 2.55. The molecule has 0 atom stereocenters. The van der Waals surface area contributed by atoms with Crippen molar-refractivity contribution < 1.29 is 14.6 Å². The first-order chi connectivity index (χ1) is 8.04. The van der Waals surface area contributed by atoms with Gasteiger partial charge in [-0.1, -0.05) is 0 Å². The Hall–Kier alpha value is -1.97. The number of ether oxygens (including phenoxy) is 1. The number of nitrogens with zero attached hydrogens (tertiary/aromatic N) is 1. The van der Waals surface area contributed by atoms with Gasteiger partial charge in [0.2, 0.25) is 0 Å². The zero-order chi connectivity index (χ0) is 12.6. The molecule has 17 heavy (non-hydrogen) atoms. The molecule has 0 spiro atoms. The molecule has 0 amide bonds. The number of aromatic nitrogens is 1. The van der Waals surface area contributed by atoms with Crippen molar-refractivity contribution >= 4 is 11.5 Å². The summed E-state index contributed by atoms with van der Waals surface area (Å²) < 4.78 is 6.61. The number of hydrogen-bond acceptors (Lipinski definition) is 3. The minimum Gasteiger partial charge on any atom is -0.494 e. The van der Waals surface area contributed by atoms with Gasteiger partial charge in [-0.15, -0.1) is 0 Å². The van der Waals surface area contributed by atoms with Gasteiger partial charge in [0, 0.05) is 12.3 Å². The van der Waals surface area contributed by atoms with E-state index in [9.17, 15) is 9.90 Å². The average molecular weight is 233 g/mol. The topological polar surface area (TPSA) is 50.9 Å². The maximum Gasteiger partial charge on any atom is 0.340 e. The molecule has 0 aliphatic heterocycles. The number of aromatic hydroxyl groups is 1. The van der Waals surface area contributed by atoms with E-state index in [0.29, 0.717) is 17.7 Å². The summed E-state index contributed by atoms with van der Waals surface area (Å²) in [4.78, 5) is 11.8. The van der Waals surface area contributed by atoms with Crippen molar-refractivity contribution in [3.63, 3.8) is 0 Å². The summed E-state index contributed by atoms with van der Waals surface area (Å²) in [5.41, 5.74) is 2.90. The Kier molecular flexibility index (Phi) is 2.79. The highest BCUT2D eigenvalue weighted by Gasteiger charge is 2.18. The molecule has 4 heteroatoms. The number of fused-ring (bicyclic) bond motifs is 1. The highest BCUT2D eigenvalue weighted by atomic mass is 16.5. The van der Waals surface area contributed by atoms with Crippen LogP contribution in [0, 0.1) is 13.8 Å². The number of pyridine rings is 1. The SMILES string of the molecule is CCOC(=O)c1c(C)cn2c(O)cc(C)cc12. The van der Waals surface area contributed by atoms with Gasteiger partial charge in [-0.3, -0.25) is 4.40 Å². The normalized spacial score (nSPS) is 10.8. The fourth-order valence-corrected chi connectivity index (χ4v) is 1.98. The molecule has 0 unspecified atom stereocenters. The van der Waals surface area contributed by atoms with E-state index in [2.05, 4.69) is 0 Å². The van der Waals surface area contributed by atoms with E-state index >= 15 is 0 Å². The summed E-state index contributed by atoms with van der Waals surface area (Å²) in [6.07, 6.45) is 1.73. The van der Waals surface area contributed by atoms with Crippen LogP contribution in [-0.4, -0.2) is 22.1 Å². The van der Waals surface area contributed by atoms with Crippen LogP contribution in [0.4, 0.5) is 0 Å². The smallest absolute Gasteiger partial charge is 0.340 e. The molecule has 0 bridgehead atoms. The van der Waals surface area contributed by atoms with Crippen molar-refractivity contribution in [2.24, 2.45) is 0 Å². The largest absolute Gasteiger partial charge is 0.494 e. The number of rotatable bonds is 2. The third-order valence-electron chi connectivity index (χ3n) is 2.68. The van der Waals surface area contributed by atoms with E-state index in [-0.39, 0.29) is 11.8 Å². The minimum absolute atomic E-state index is 0.124. The molecule has 1 N–H and O–H groups in total. The fraction of sp³-hybridized carbons (Fsp3) is 0.308. The van der Waals surface area contributed by atoms with E-state index in [0.717, 1.165) is 11.1 Å². The first-order valence-corrected chi connectivity index (χ1v) is 5.53. The summed E-state index contributed by atoms with van der Waals surface area (Å²) in [5, 5.41) is 9.81. The predicted molar refractivity (Wildman–Crippen MR) is 64.5 cm³/mol. The Labute approximate surface area is 99.4 Å². The molecule has 0 aliphatic carbocycles. The molecule has 0 aromatic carbocycles. The lowest BCUT2D eigenvalue weighted by molar-refractivity contribution is 0.0528. The monoisotopic (exact) mass is 233 g/mol. The number of hydrogen-bond donors (Lipinski definition) is 1. The number of esters is 1. The lowest BCUT2D eigenvalue weighted by atomic mass is 10.1. The van der Waals surface area contributed by atoms with E-state index in [1.54, 1.807) is 23.6 Å². The molecule has 2 aromatic heterocycles. The predicted octanol–water partition coefficient (Wildman–Crippen LogP) is 2.44. The van der Waals surface area contributed by atoms with Crippen LogP contribution >= 0.6 is 0 Å². The van der Waals surface area contributed by atoms with Crippen molar-refractivity contribution in [3.8, 4) is 5.88 Å². The second-order valence-corrected chi connectivity index (χ2v) is 4.05. The zero-order valence-electron chi connectivity index (χ0n) is 10.2. The van der Waals surface area contributed by atoms with Gasteiger partial charge in [-0.25, -0.2) is 4.79 Å². The molecule has 0 aliphatic rings. The lowest BCUT2D eigenvalue weighted by Crippen LogP contribution is -2.05. The first-order valence-electron chi connectivity index (χ1n) is 5.53. The van der Waals surface area contributed by atoms with Crippen LogP contribution in [0.1, 0.15) is 28.4 Å². The first kappa shape index (κ1) is 11.5. The molecule has 2 heterocycles. The van der Waals surface area contributed by atoms with Gasteiger partial charge >= 0.3 is 5.97 Å². The van der Waals surface area contributed by atoms with Crippen LogP contribution in [0.3, 0.4) is 0 Å². The summed E-state index contributed by atoms with van der Waals surface area (Å²) in [7, 11) is 0. The molecular formula is C13H15NO3. The summed E-state index contributed by atoms with van der Waals surface area (Å²) in [5.74, 6) is -0.226. The molecule has 4 nitrogen and oxygen atoms in total. The molecule has 0 fully saturated rings. The van der Waals surface area contributed by atoms with Crippen LogP contribution in [-0.2, 0) is 4.74 Å². The third kappa shape index (κ3) is 1.86. The van der Waals surface area contributed by atoms with Crippen molar-refractivity contribution in [3.05, 3.63) is 35.0 Å². The Morgan fingerprint density at radius 3 is 2.76 bits per heavy atom.